The second-order valence-electron chi connectivity index (χ2n) is 5.50. The van der Waals surface area contributed by atoms with E-state index in [1.165, 1.54) is 17.7 Å². The molecular weight excluding hydrogens is 253 g/mol. The molecule has 0 saturated carbocycles. The van der Waals surface area contributed by atoms with Crippen LogP contribution in [0.15, 0.2) is 48.5 Å². The van der Waals surface area contributed by atoms with Gasteiger partial charge in [0.05, 0.1) is 12.1 Å². The molecule has 2 heterocycles. The Bertz CT molecular complexity index is 625. The Morgan fingerprint density at radius 1 is 1.05 bits per heavy atom. The lowest BCUT2D eigenvalue weighted by Gasteiger charge is -2.36. The van der Waals surface area contributed by atoms with E-state index in [4.69, 9.17) is 4.74 Å². The molecule has 102 valence electrons. The van der Waals surface area contributed by atoms with Gasteiger partial charge in [-0.2, -0.15) is 0 Å². The van der Waals surface area contributed by atoms with Gasteiger partial charge >= 0.3 is 0 Å². The van der Waals surface area contributed by atoms with Gasteiger partial charge in [0, 0.05) is 23.8 Å². The van der Waals surface area contributed by atoms with E-state index in [1.54, 1.807) is 0 Å². The summed E-state index contributed by atoms with van der Waals surface area (Å²) in [5.74, 6) is 0.222. The molecule has 4 rings (SSSR count). The fourth-order valence-electron chi connectivity index (χ4n) is 3.42. The molecule has 20 heavy (non-hydrogen) atoms. The van der Waals surface area contributed by atoms with E-state index in [-0.39, 0.29) is 18.0 Å². The molecule has 0 aliphatic carbocycles. The maximum atomic E-state index is 13.1. The van der Waals surface area contributed by atoms with Crippen molar-refractivity contribution in [3.05, 3.63) is 65.5 Å². The van der Waals surface area contributed by atoms with Crippen molar-refractivity contribution in [2.45, 2.75) is 18.6 Å². The van der Waals surface area contributed by atoms with Crippen molar-refractivity contribution in [3.8, 4) is 0 Å². The number of para-hydroxylation sites is 1. The van der Waals surface area contributed by atoms with Crippen LogP contribution in [-0.2, 0) is 4.74 Å². The lowest BCUT2D eigenvalue weighted by atomic mass is 9.81. The molecule has 1 fully saturated rings. The number of fused-ring (bicyclic) bond motifs is 3. The number of ether oxygens (including phenoxy) is 1. The normalized spacial score (nSPS) is 27.6. The average molecular weight is 269 g/mol. The van der Waals surface area contributed by atoms with Gasteiger partial charge in [0.1, 0.15) is 5.82 Å². The predicted octanol–water partition coefficient (Wildman–Crippen LogP) is 4.07. The molecule has 0 spiro atoms. The zero-order valence-corrected chi connectivity index (χ0v) is 11.1. The molecular formula is C17H16FNO. The van der Waals surface area contributed by atoms with Gasteiger partial charge in [-0.05, 0) is 30.2 Å². The Kier molecular flexibility index (Phi) is 2.74. The van der Waals surface area contributed by atoms with Crippen LogP contribution in [-0.4, -0.2) is 6.61 Å². The highest BCUT2D eigenvalue weighted by Crippen LogP contribution is 2.49. The minimum atomic E-state index is -0.191. The first-order chi connectivity index (χ1) is 9.83. The van der Waals surface area contributed by atoms with Gasteiger partial charge in [-0.25, -0.2) is 4.39 Å². The van der Waals surface area contributed by atoms with Crippen molar-refractivity contribution in [2.75, 3.05) is 11.9 Å². The van der Waals surface area contributed by atoms with Crippen molar-refractivity contribution in [1.82, 2.24) is 0 Å². The van der Waals surface area contributed by atoms with E-state index in [2.05, 4.69) is 23.5 Å². The summed E-state index contributed by atoms with van der Waals surface area (Å²) < 4.78 is 19.1. The second kappa shape index (κ2) is 4.60. The van der Waals surface area contributed by atoms with Crippen LogP contribution in [0.1, 0.15) is 29.7 Å². The molecule has 2 aliphatic rings. The molecule has 0 unspecified atom stereocenters. The summed E-state index contributed by atoms with van der Waals surface area (Å²) in [6.07, 6.45) is 1.19. The lowest BCUT2D eigenvalue weighted by Crippen LogP contribution is -2.29. The quantitative estimate of drug-likeness (QED) is 0.842. The summed E-state index contributed by atoms with van der Waals surface area (Å²) in [6, 6.07) is 15.3. The highest BCUT2D eigenvalue weighted by molar-refractivity contribution is 5.57. The van der Waals surface area contributed by atoms with Gasteiger partial charge in [0.25, 0.3) is 0 Å². The topological polar surface area (TPSA) is 21.3 Å². The van der Waals surface area contributed by atoms with Crippen LogP contribution < -0.4 is 5.32 Å². The monoisotopic (exact) mass is 269 g/mol. The molecule has 0 amide bonds. The molecule has 0 radical (unpaired) electrons. The summed E-state index contributed by atoms with van der Waals surface area (Å²) in [7, 11) is 0. The first-order valence-corrected chi connectivity index (χ1v) is 7.05. The molecule has 1 saturated heterocycles. The number of hydrogen-bond acceptors (Lipinski definition) is 2. The third-order valence-electron chi connectivity index (χ3n) is 4.37. The van der Waals surface area contributed by atoms with Gasteiger partial charge in [-0.1, -0.05) is 30.3 Å². The van der Waals surface area contributed by atoms with Crippen molar-refractivity contribution in [2.24, 2.45) is 5.92 Å². The zero-order valence-electron chi connectivity index (χ0n) is 11.1. The summed E-state index contributed by atoms with van der Waals surface area (Å²) in [5, 5.41) is 3.60. The molecule has 2 aliphatic heterocycles. The average Bonchev–Trinajstić information content (AvgIpc) is 2.97. The maximum Gasteiger partial charge on any atom is 0.123 e. The second-order valence-corrected chi connectivity index (χ2v) is 5.50. The van der Waals surface area contributed by atoms with Crippen molar-refractivity contribution in [1.29, 1.82) is 0 Å². The van der Waals surface area contributed by atoms with Gasteiger partial charge in [0.2, 0.25) is 0 Å². The van der Waals surface area contributed by atoms with E-state index in [0.29, 0.717) is 5.92 Å². The Hall–Kier alpha value is -1.87. The number of rotatable bonds is 1. The van der Waals surface area contributed by atoms with Crippen LogP contribution in [0, 0.1) is 11.7 Å². The van der Waals surface area contributed by atoms with E-state index in [1.807, 2.05) is 18.2 Å². The van der Waals surface area contributed by atoms with E-state index in [9.17, 15) is 4.39 Å². The summed E-state index contributed by atoms with van der Waals surface area (Å²) >= 11 is 0. The highest BCUT2D eigenvalue weighted by atomic mass is 19.1. The summed E-state index contributed by atoms with van der Waals surface area (Å²) in [6.45, 7) is 0.795. The fraction of sp³-hybridized carbons (Fsp3) is 0.294. The SMILES string of the molecule is Fc1ccc([C@H]2Nc3ccccc3[C@H]3OCC[C@@H]23)cc1. The third kappa shape index (κ3) is 1.81. The number of nitrogens with one attached hydrogen (secondary N) is 1. The van der Waals surface area contributed by atoms with Crippen LogP contribution in [0.2, 0.25) is 0 Å². The van der Waals surface area contributed by atoms with E-state index < -0.39 is 0 Å². The number of halogens is 1. The fourth-order valence-corrected chi connectivity index (χ4v) is 3.42. The number of anilines is 1. The summed E-state index contributed by atoms with van der Waals surface area (Å²) in [5.41, 5.74) is 3.50. The van der Waals surface area contributed by atoms with Crippen LogP contribution in [0.5, 0.6) is 0 Å². The van der Waals surface area contributed by atoms with Gasteiger partial charge in [0.15, 0.2) is 0 Å². The predicted molar refractivity (Wildman–Crippen MR) is 76.0 cm³/mol. The number of benzene rings is 2. The zero-order chi connectivity index (χ0) is 13.5. The van der Waals surface area contributed by atoms with Crippen molar-refractivity contribution in [3.63, 3.8) is 0 Å². The van der Waals surface area contributed by atoms with Crippen LogP contribution in [0.4, 0.5) is 10.1 Å². The Morgan fingerprint density at radius 2 is 1.85 bits per heavy atom. The minimum Gasteiger partial charge on any atom is -0.378 e. The maximum absolute atomic E-state index is 13.1. The van der Waals surface area contributed by atoms with Crippen LogP contribution in [0.3, 0.4) is 0 Å². The molecule has 0 aromatic heterocycles. The lowest BCUT2D eigenvalue weighted by molar-refractivity contribution is 0.0829. The third-order valence-corrected chi connectivity index (χ3v) is 4.37. The highest BCUT2D eigenvalue weighted by Gasteiger charge is 2.41. The molecule has 2 aromatic rings. The van der Waals surface area contributed by atoms with Crippen molar-refractivity contribution < 1.29 is 9.13 Å². The Morgan fingerprint density at radius 3 is 2.70 bits per heavy atom. The van der Waals surface area contributed by atoms with E-state index >= 15 is 0 Å². The molecule has 1 N–H and O–H groups in total. The number of hydrogen-bond donors (Lipinski definition) is 1. The molecule has 2 nitrogen and oxygen atoms in total. The van der Waals surface area contributed by atoms with Crippen LogP contribution in [0.25, 0.3) is 0 Å². The standard InChI is InChI=1S/C17H16FNO/c18-12-7-5-11(6-8-12)16-14-9-10-20-17(14)13-3-1-2-4-15(13)19-16/h1-8,14,16-17,19H,9-10H2/t14-,16+,17+/m0/s1. The van der Waals surface area contributed by atoms with Gasteiger partial charge in [-0.15, -0.1) is 0 Å². The van der Waals surface area contributed by atoms with Gasteiger partial charge < -0.3 is 10.1 Å². The van der Waals surface area contributed by atoms with Crippen LogP contribution >= 0.6 is 0 Å². The largest absolute Gasteiger partial charge is 0.378 e. The van der Waals surface area contributed by atoms with Crippen molar-refractivity contribution >= 4 is 5.69 Å². The molecule has 2 aromatic carbocycles. The Balaban J connectivity index is 1.76. The van der Waals surface area contributed by atoms with Gasteiger partial charge in [-0.3, -0.25) is 0 Å². The molecule has 3 atom stereocenters. The molecule has 3 heteroatoms. The first-order valence-electron chi connectivity index (χ1n) is 7.05. The minimum absolute atomic E-state index is 0.155. The first kappa shape index (κ1) is 11.9. The van der Waals surface area contributed by atoms with E-state index in [0.717, 1.165) is 24.3 Å². The smallest absolute Gasteiger partial charge is 0.123 e. The Labute approximate surface area is 117 Å². The summed E-state index contributed by atoms with van der Waals surface area (Å²) in [4.78, 5) is 0. The molecule has 0 bridgehead atoms.